The zero-order valence-corrected chi connectivity index (χ0v) is 20.5. The largest absolute Gasteiger partial charge is 0.504 e. The van der Waals surface area contributed by atoms with Gasteiger partial charge in [0.2, 0.25) is 0 Å². The van der Waals surface area contributed by atoms with E-state index < -0.39 is 15.1 Å². The van der Waals surface area contributed by atoms with Crippen molar-refractivity contribution in [2.75, 3.05) is 26.1 Å². The fraction of sp³-hybridized carbons (Fsp3) is 0.348. The molecule has 0 aliphatic carbocycles. The summed E-state index contributed by atoms with van der Waals surface area (Å²) >= 11 is 2.06. The normalized spacial score (nSPS) is 22.3. The Labute approximate surface area is 200 Å². The van der Waals surface area contributed by atoms with Crippen molar-refractivity contribution in [3.63, 3.8) is 0 Å². The lowest BCUT2D eigenvalue weighted by Gasteiger charge is -2.15. The maximum atomic E-state index is 12.4. The quantitative estimate of drug-likeness (QED) is 0.390. The van der Waals surface area contributed by atoms with E-state index in [1.165, 1.54) is 7.11 Å². The first-order chi connectivity index (χ1) is 15.3. The van der Waals surface area contributed by atoms with Crippen LogP contribution in [0.3, 0.4) is 0 Å². The van der Waals surface area contributed by atoms with Gasteiger partial charge in [0.05, 0.1) is 41.4 Å². The first kappa shape index (κ1) is 23.2. The number of rotatable bonds is 7. The molecule has 2 aromatic rings. The maximum Gasteiger partial charge on any atom is 0.171 e. The standard InChI is InChI=1S/C23H24INO6S/c1-30-20-10-14(9-17(24)23(20)27)8-15(18-4-2-3-7-25-18)5-6-19-22-16(11-26)13-32(28,29)21(22)12-31-19/h2-4,7-10,19,21,26-27H,5-6,11-13H2,1H3/b15-8-/t19-,21+/m1/s1. The second-order valence-corrected chi connectivity index (χ2v) is 11.2. The number of aromatic nitrogens is 1. The zero-order valence-electron chi connectivity index (χ0n) is 17.5. The molecule has 1 fully saturated rings. The summed E-state index contributed by atoms with van der Waals surface area (Å²) in [5, 5.41) is 19.2. The number of aliphatic hydroxyl groups excluding tert-OH is 1. The minimum atomic E-state index is -3.30. The van der Waals surface area contributed by atoms with E-state index in [-0.39, 0.29) is 30.8 Å². The van der Waals surface area contributed by atoms with Gasteiger partial charge < -0.3 is 19.7 Å². The molecule has 2 N–H and O–H groups in total. The summed E-state index contributed by atoms with van der Waals surface area (Å²) in [5.74, 6) is 0.401. The Bertz CT molecular complexity index is 1180. The Hall–Kier alpha value is -1.95. The number of halogens is 1. The monoisotopic (exact) mass is 569 g/mol. The van der Waals surface area contributed by atoms with Gasteiger partial charge in [0, 0.05) is 6.20 Å². The lowest BCUT2D eigenvalue weighted by atomic mass is 9.95. The highest BCUT2D eigenvalue weighted by Gasteiger charge is 2.46. The van der Waals surface area contributed by atoms with Crippen LogP contribution >= 0.6 is 22.6 Å². The number of hydrogen-bond acceptors (Lipinski definition) is 7. The van der Waals surface area contributed by atoms with Gasteiger partial charge in [0.15, 0.2) is 21.3 Å². The molecule has 1 saturated heterocycles. The molecule has 0 bridgehead atoms. The number of fused-ring (bicyclic) bond motifs is 1. The number of aromatic hydroxyl groups is 1. The first-order valence-electron chi connectivity index (χ1n) is 10.2. The molecule has 1 aromatic heterocycles. The Morgan fingerprint density at radius 3 is 2.88 bits per heavy atom. The molecule has 0 amide bonds. The smallest absolute Gasteiger partial charge is 0.171 e. The van der Waals surface area contributed by atoms with E-state index in [0.29, 0.717) is 27.7 Å². The number of ether oxygens (including phenoxy) is 2. The minimum absolute atomic E-state index is 0.0853. The summed E-state index contributed by atoms with van der Waals surface area (Å²) < 4.78 is 36.6. The van der Waals surface area contributed by atoms with Gasteiger partial charge >= 0.3 is 0 Å². The van der Waals surface area contributed by atoms with Gasteiger partial charge in [-0.15, -0.1) is 0 Å². The summed E-state index contributed by atoms with van der Waals surface area (Å²) in [4.78, 5) is 4.48. The van der Waals surface area contributed by atoms with Crippen LogP contribution in [0, 0.1) is 3.57 Å². The van der Waals surface area contributed by atoms with Gasteiger partial charge in [0.1, 0.15) is 5.25 Å². The van der Waals surface area contributed by atoms with Crippen LogP contribution in [-0.2, 0) is 14.6 Å². The molecule has 0 spiro atoms. The molecule has 2 atom stereocenters. The number of phenols is 1. The van der Waals surface area contributed by atoms with E-state index in [4.69, 9.17) is 9.47 Å². The third-order valence-corrected chi connectivity index (χ3v) is 8.66. The molecule has 1 aromatic carbocycles. The maximum absolute atomic E-state index is 12.4. The number of sulfone groups is 1. The summed E-state index contributed by atoms with van der Waals surface area (Å²) in [7, 11) is -1.79. The van der Waals surface area contributed by atoms with Crippen LogP contribution in [0.5, 0.6) is 11.5 Å². The van der Waals surface area contributed by atoms with E-state index in [0.717, 1.165) is 22.4 Å². The molecular formula is C23H24INO6S. The summed E-state index contributed by atoms with van der Waals surface area (Å²) in [6.45, 7) is -0.124. The predicted octanol–water partition coefficient (Wildman–Crippen LogP) is 3.21. The molecule has 3 heterocycles. The number of pyridine rings is 1. The van der Waals surface area contributed by atoms with Gasteiger partial charge in [-0.2, -0.15) is 0 Å². The van der Waals surface area contributed by atoms with E-state index in [1.807, 2.05) is 30.3 Å². The van der Waals surface area contributed by atoms with E-state index in [9.17, 15) is 18.6 Å². The van der Waals surface area contributed by atoms with Crippen molar-refractivity contribution in [1.29, 1.82) is 0 Å². The highest BCUT2D eigenvalue weighted by Crippen LogP contribution is 2.39. The number of allylic oxidation sites excluding steroid dienone is 1. The molecule has 2 aliphatic heterocycles. The Balaban J connectivity index is 1.64. The Morgan fingerprint density at radius 1 is 1.38 bits per heavy atom. The average Bonchev–Trinajstić information content (AvgIpc) is 3.33. The van der Waals surface area contributed by atoms with Crippen LogP contribution in [0.15, 0.2) is 47.7 Å². The molecule has 170 valence electrons. The molecule has 2 aliphatic rings. The van der Waals surface area contributed by atoms with Crippen LogP contribution < -0.4 is 4.74 Å². The van der Waals surface area contributed by atoms with Crippen LogP contribution in [0.25, 0.3) is 11.6 Å². The van der Waals surface area contributed by atoms with Crippen molar-refractivity contribution in [1.82, 2.24) is 4.98 Å². The van der Waals surface area contributed by atoms with Crippen molar-refractivity contribution >= 4 is 44.1 Å². The zero-order chi connectivity index (χ0) is 22.9. The molecule has 4 rings (SSSR count). The average molecular weight is 569 g/mol. The number of aliphatic hydroxyl groups is 1. The van der Waals surface area contributed by atoms with Crippen molar-refractivity contribution in [3.8, 4) is 11.5 Å². The van der Waals surface area contributed by atoms with Gasteiger partial charge in [-0.3, -0.25) is 4.98 Å². The topological polar surface area (TPSA) is 106 Å². The fourth-order valence-corrected chi connectivity index (χ4v) is 6.85. The van der Waals surface area contributed by atoms with Crippen molar-refractivity contribution in [2.24, 2.45) is 0 Å². The molecule has 9 heteroatoms. The lowest BCUT2D eigenvalue weighted by molar-refractivity contribution is 0.118. The Kier molecular flexibility index (Phi) is 6.89. The number of phenolic OH excluding ortho intramolecular Hbond substituents is 1. The minimum Gasteiger partial charge on any atom is -0.504 e. The SMILES string of the molecule is COc1cc(/C=C(/CC[C@H]2OC[C@H]3C2=C(CO)CS3(=O)=O)c2ccccn2)cc(I)c1O. The van der Waals surface area contributed by atoms with Crippen molar-refractivity contribution in [2.45, 2.75) is 24.2 Å². The molecule has 32 heavy (non-hydrogen) atoms. The van der Waals surface area contributed by atoms with Gasteiger partial charge in [-0.25, -0.2) is 8.42 Å². The van der Waals surface area contributed by atoms with E-state index in [1.54, 1.807) is 12.3 Å². The molecule has 0 saturated carbocycles. The van der Waals surface area contributed by atoms with Crippen LogP contribution in [0.1, 0.15) is 24.1 Å². The molecule has 7 nitrogen and oxygen atoms in total. The summed E-state index contributed by atoms with van der Waals surface area (Å²) in [5.41, 5.74) is 3.91. The molecular weight excluding hydrogens is 545 g/mol. The second-order valence-electron chi connectivity index (χ2n) is 7.81. The van der Waals surface area contributed by atoms with Crippen LogP contribution in [-0.4, -0.2) is 61.0 Å². The highest BCUT2D eigenvalue weighted by atomic mass is 127. The third-order valence-electron chi connectivity index (χ3n) is 5.83. The highest BCUT2D eigenvalue weighted by molar-refractivity contribution is 14.1. The number of nitrogens with zero attached hydrogens (tertiary/aromatic N) is 1. The summed E-state index contributed by atoms with van der Waals surface area (Å²) in [6.07, 6.45) is 4.53. The number of hydrogen-bond donors (Lipinski definition) is 2. The lowest BCUT2D eigenvalue weighted by Crippen LogP contribution is -2.19. The number of benzene rings is 1. The fourth-order valence-electron chi connectivity index (χ4n) is 4.29. The van der Waals surface area contributed by atoms with Crippen LogP contribution in [0.4, 0.5) is 0 Å². The van der Waals surface area contributed by atoms with E-state index >= 15 is 0 Å². The van der Waals surface area contributed by atoms with Crippen LogP contribution in [0.2, 0.25) is 0 Å². The van der Waals surface area contributed by atoms with Gasteiger partial charge in [0.25, 0.3) is 0 Å². The summed E-state index contributed by atoms with van der Waals surface area (Å²) in [6, 6.07) is 9.30. The predicted molar refractivity (Wildman–Crippen MR) is 130 cm³/mol. The first-order valence-corrected chi connectivity index (χ1v) is 13.0. The van der Waals surface area contributed by atoms with Gasteiger partial charge in [-0.1, -0.05) is 6.07 Å². The third kappa shape index (κ3) is 4.57. The molecule has 0 unspecified atom stereocenters. The van der Waals surface area contributed by atoms with Crippen molar-refractivity contribution < 1.29 is 28.1 Å². The second kappa shape index (κ2) is 9.50. The van der Waals surface area contributed by atoms with E-state index in [2.05, 4.69) is 27.6 Å². The molecule has 0 radical (unpaired) electrons. The number of methoxy groups -OCH3 is 1. The van der Waals surface area contributed by atoms with Gasteiger partial charge in [-0.05, 0) is 88.1 Å². The Morgan fingerprint density at radius 2 is 2.19 bits per heavy atom. The van der Waals surface area contributed by atoms with Crippen molar-refractivity contribution in [3.05, 3.63) is 62.5 Å².